The van der Waals surface area contributed by atoms with Gasteiger partial charge >= 0.3 is 5.97 Å². The second-order valence-electron chi connectivity index (χ2n) is 13.7. The molecule has 1 N–H and O–H groups in total. The fourth-order valence-corrected chi connectivity index (χ4v) is 6.68. The highest BCUT2D eigenvalue weighted by molar-refractivity contribution is 5.69. The molecular weight excluding hydrogens is 627 g/mol. The summed E-state index contributed by atoms with van der Waals surface area (Å²) in [7, 11) is 0. The van der Waals surface area contributed by atoms with Gasteiger partial charge in [-0.3, -0.25) is 4.79 Å². The zero-order chi connectivity index (χ0) is 35.7. The van der Waals surface area contributed by atoms with Crippen molar-refractivity contribution in [1.82, 2.24) is 5.32 Å². The first kappa shape index (κ1) is 39.8. The van der Waals surface area contributed by atoms with Gasteiger partial charge in [0.15, 0.2) is 0 Å². The molecule has 0 spiro atoms. The van der Waals surface area contributed by atoms with Crippen LogP contribution in [-0.2, 0) is 26.4 Å². The molecule has 0 aromatic heterocycles. The Morgan fingerprint density at radius 1 is 0.608 bits per heavy atom. The first-order valence-corrected chi connectivity index (χ1v) is 19.6. The van der Waals surface area contributed by atoms with E-state index in [0.29, 0.717) is 19.5 Å². The van der Waals surface area contributed by atoms with Crippen molar-refractivity contribution in [3.63, 3.8) is 0 Å². The van der Waals surface area contributed by atoms with Gasteiger partial charge in [0.05, 0.1) is 6.61 Å². The monoisotopic (exact) mass is 687 g/mol. The Morgan fingerprint density at radius 3 is 1.57 bits per heavy atom. The third-order valence-corrected chi connectivity index (χ3v) is 9.51. The molecule has 272 valence electrons. The first-order chi connectivity index (χ1) is 25.2. The zero-order valence-electron chi connectivity index (χ0n) is 31.0. The Bertz CT molecular complexity index is 1380. The molecular formula is C47H61NO3. The van der Waals surface area contributed by atoms with Gasteiger partial charge in [-0.05, 0) is 54.4 Å². The number of carbonyl (C=O) groups excluding carboxylic acids is 1. The summed E-state index contributed by atoms with van der Waals surface area (Å²) in [5.74, 6) is -0.160. The van der Waals surface area contributed by atoms with Gasteiger partial charge in [-0.25, -0.2) is 0 Å². The summed E-state index contributed by atoms with van der Waals surface area (Å²) in [5, 5.41) is 3.52. The van der Waals surface area contributed by atoms with Crippen molar-refractivity contribution in [2.75, 3.05) is 13.2 Å². The maximum Gasteiger partial charge on any atom is 0.306 e. The number of hydrogen-bond acceptors (Lipinski definition) is 4. The second kappa shape index (κ2) is 24.2. The van der Waals surface area contributed by atoms with Gasteiger partial charge in [-0.15, -0.1) is 0 Å². The highest BCUT2D eigenvalue weighted by Crippen LogP contribution is 2.40. The van der Waals surface area contributed by atoms with E-state index in [4.69, 9.17) is 9.47 Å². The number of carbonyl (C=O) groups is 1. The van der Waals surface area contributed by atoms with Crippen LogP contribution in [0.5, 0.6) is 0 Å². The molecule has 0 fully saturated rings. The molecule has 4 heteroatoms. The van der Waals surface area contributed by atoms with E-state index in [2.05, 4.69) is 72.9 Å². The lowest BCUT2D eigenvalue weighted by Gasteiger charge is -2.37. The van der Waals surface area contributed by atoms with Crippen LogP contribution in [0, 0.1) is 0 Å². The van der Waals surface area contributed by atoms with Gasteiger partial charge < -0.3 is 14.8 Å². The van der Waals surface area contributed by atoms with Crippen molar-refractivity contribution < 1.29 is 14.3 Å². The molecule has 0 saturated carbocycles. The smallest absolute Gasteiger partial charge is 0.306 e. The number of rotatable bonds is 26. The minimum absolute atomic E-state index is 0.160. The van der Waals surface area contributed by atoms with Gasteiger partial charge in [0.25, 0.3) is 0 Å². The van der Waals surface area contributed by atoms with Crippen molar-refractivity contribution in [3.8, 4) is 0 Å². The zero-order valence-corrected chi connectivity index (χ0v) is 31.0. The molecule has 1 atom stereocenters. The minimum Gasteiger partial charge on any atom is -0.459 e. The molecule has 0 radical (unpaired) electrons. The van der Waals surface area contributed by atoms with Crippen molar-refractivity contribution in [2.24, 2.45) is 0 Å². The van der Waals surface area contributed by atoms with Crippen LogP contribution in [0.4, 0.5) is 0 Å². The highest BCUT2D eigenvalue weighted by atomic mass is 16.6. The maximum atomic E-state index is 13.2. The van der Waals surface area contributed by atoms with Crippen LogP contribution in [0.15, 0.2) is 133 Å². The van der Waals surface area contributed by atoms with E-state index in [1.54, 1.807) is 0 Å². The summed E-state index contributed by atoms with van der Waals surface area (Å²) in [6, 6.07) is 41.3. The number of unbranched alkanes of at least 4 members (excludes halogenated alkanes) is 11. The number of allylic oxidation sites excluding steroid dienone is 2. The fourth-order valence-electron chi connectivity index (χ4n) is 6.68. The van der Waals surface area contributed by atoms with E-state index in [0.717, 1.165) is 42.4 Å². The Kier molecular flexibility index (Phi) is 18.9. The molecule has 4 nitrogen and oxygen atoms in total. The van der Waals surface area contributed by atoms with Gasteiger partial charge in [0.2, 0.25) is 0 Å². The lowest BCUT2D eigenvalue weighted by molar-refractivity contribution is -0.154. The predicted octanol–water partition coefficient (Wildman–Crippen LogP) is 11.7. The third kappa shape index (κ3) is 14.3. The van der Waals surface area contributed by atoms with Gasteiger partial charge in [0.1, 0.15) is 11.7 Å². The van der Waals surface area contributed by atoms with E-state index in [1.165, 1.54) is 63.4 Å². The number of benzene rings is 4. The SMILES string of the molecule is CCCCCCCCC=CCCCCCCCC(=O)OC(CNCc1ccccc1)COC(c1ccccc1)(c1ccccc1)c1ccccc1. The van der Waals surface area contributed by atoms with E-state index in [1.807, 2.05) is 72.8 Å². The molecule has 4 aromatic carbocycles. The number of hydrogen-bond donors (Lipinski definition) is 1. The molecule has 0 heterocycles. The van der Waals surface area contributed by atoms with Gasteiger partial charge in [0, 0.05) is 19.5 Å². The number of esters is 1. The van der Waals surface area contributed by atoms with Crippen molar-refractivity contribution >= 4 is 5.97 Å². The second-order valence-corrected chi connectivity index (χ2v) is 13.7. The number of nitrogens with one attached hydrogen (secondary N) is 1. The molecule has 0 saturated heterocycles. The highest BCUT2D eigenvalue weighted by Gasteiger charge is 2.38. The summed E-state index contributed by atoms with van der Waals surface area (Å²) in [6.45, 7) is 3.68. The molecule has 0 aliphatic heterocycles. The largest absolute Gasteiger partial charge is 0.459 e. The van der Waals surface area contributed by atoms with Crippen molar-refractivity contribution in [2.45, 2.75) is 115 Å². The quantitative estimate of drug-likeness (QED) is 0.0309. The molecule has 0 aliphatic rings. The first-order valence-electron chi connectivity index (χ1n) is 19.6. The Morgan fingerprint density at radius 2 is 1.06 bits per heavy atom. The van der Waals surface area contributed by atoms with Crippen LogP contribution in [0.2, 0.25) is 0 Å². The fraction of sp³-hybridized carbons (Fsp3) is 0.426. The van der Waals surface area contributed by atoms with Crippen molar-refractivity contribution in [1.29, 1.82) is 0 Å². The molecule has 0 amide bonds. The van der Waals surface area contributed by atoms with Crippen LogP contribution in [0.1, 0.15) is 119 Å². The maximum absolute atomic E-state index is 13.2. The lowest BCUT2D eigenvalue weighted by atomic mass is 9.80. The van der Waals surface area contributed by atoms with Crippen molar-refractivity contribution in [3.05, 3.63) is 156 Å². The molecule has 1 unspecified atom stereocenters. The molecule has 0 aliphatic carbocycles. The van der Waals surface area contributed by atoms with E-state index < -0.39 is 11.7 Å². The molecule has 0 bridgehead atoms. The third-order valence-electron chi connectivity index (χ3n) is 9.51. The van der Waals surface area contributed by atoms with Gasteiger partial charge in [-0.1, -0.05) is 192 Å². The topological polar surface area (TPSA) is 47.6 Å². The van der Waals surface area contributed by atoms with Crippen LogP contribution >= 0.6 is 0 Å². The van der Waals surface area contributed by atoms with Crippen LogP contribution < -0.4 is 5.32 Å². The predicted molar refractivity (Wildman–Crippen MR) is 213 cm³/mol. The van der Waals surface area contributed by atoms with Crippen LogP contribution in [-0.4, -0.2) is 25.2 Å². The summed E-state index contributed by atoms with van der Waals surface area (Å²) in [6.07, 6.45) is 20.7. The summed E-state index contributed by atoms with van der Waals surface area (Å²) < 4.78 is 13.2. The normalized spacial score (nSPS) is 12.3. The Hall–Kier alpha value is -3.99. The molecule has 51 heavy (non-hydrogen) atoms. The van der Waals surface area contributed by atoms with Gasteiger partial charge in [-0.2, -0.15) is 0 Å². The Balaban J connectivity index is 1.31. The summed E-state index contributed by atoms with van der Waals surface area (Å²) >= 11 is 0. The van der Waals surface area contributed by atoms with E-state index >= 15 is 0 Å². The average Bonchev–Trinajstić information content (AvgIpc) is 3.18. The number of ether oxygens (including phenoxy) is 2. The molecule has 4 rings (SSSR count). The van der Waals surface area contributed by atoms with Crippen LogP contribution in [0.3, 0.4) is 0 Å². The standard InChI is InChI=1S/C47H61NO3/c1-2-3-4-5-6-7-8-9-10-11-12-13-14-15-28-37-46(49)51-45(39-48-38-41-29-20-16-21-30-41)40-50-47(42-31-22-17-23-32-42,43-33-24-18-25-34-43)44-35-26-19-27-36-44/h9-10,16-27,29-36,45,48H,2-8,11-15,28,37-40H2,1H3. The van der Waals surface area contributed by atoms with E-state index in [-0.39, 0.29) is 12.6 Å². The van der Waals surface area contributed by atoms with Crippen LogP contribution in [0.25, 0.3) is 0 Å². The van der Waals surface area contributed by atoms with E-state index in [9.17, 15) is 4.79 Å². The lowest BCUT2D eigenvalue weighted by Crippen LogP contribution is -2.40. The Labute approximate surface area is 308 Å². The minimum atomic E-state index is -0.878. The average molecular weight is 688 g/mol. The molecule has 4 aromatic rings. The summed E-state index contributed by atoms with van der Waals surface area (Å²) in [5.41, 5.74) is 3.38. The summed E-state index contributed by atoms with van der Waals surface area (Å²) in [4.78, 5) is 13.2.